The van der Waals surface area contributed by atoms with Crippen LogP contribution in [0.5, 0.6) is 0 Å². The number of aromatic nitrogens is 2. The Kier molecular flexibility index (Phi) is 5.25. The predicted molar refractivity (Wildman–Crippen MR) is 52.4 cm³/mol. The fourth-order valence-corrected chi connectivity index (χ4v) is 1.36. The highest BCUT2D eigenvalue weighted by atomic mass is 16.2. The van der Waals surface area contributed by atoms with Crippen LogP contribution in [0.15, 0.2) is 18.7 Å². The lowest BCUT2D eigenvalue weighted by molar-refractivity contribution is 0.282. The summed E-state index contributed by atoms with van der Waals surface area (Å²) < 4.78 is 2.10. The average Bonchev–Trinajstić information content (AvgIpc) is 2.63. The molecule has 1 aromatic heterocycles. The molecule has 0 fully saturated rings. The highest BCUT2D eigenvalue weighted by Gasteiger charge is 1.91. The zero-order valence-electron chi connectivity index (χ0n) is 8.02. The van der Waals surface area contributed by atoms with Crippen LogP contribution < -0.4 is 0 Å². The Balaban J connectivity index is 1.90. The molecule has 0 amide bonds. The van der Waals surface area contributed by atoms with E-state index in [1.165, 1.54) is 19.3 Å². The van der Waals surface area contributed by atoms with Crippen LogP contribution in [-0.2, 0) is 6.54 Å². The number of aryl methyl sites for hydroxylation is 1. The molecule has 1 rings (SSSR count). The minimum atomic E-state index is 0.335. The smallest absolute Gasteiger partial charge is 0.0945 e. The van der Waals surface area contributed by atoms with Crippen molar-refractivity contribution in [3.63, 3.8) is 0 Å². The van der Waals surface area contributed by atoms with Gasteiger partial charge < -0.3 is 9.67 Å². The van der Waals surface area contributed by atoms with Gasteiger partial charge in [0.2, 0.25) is 0 Å². The second-order valence-corrected chi connectivity index (χ2v) is 3.29. The van der Waals surface area contributed by atoms with Crippen molar-refractivity contribution in [2.75, 3.05) is 6.61 Å². The molecule has 3 heteroatoms. The summed E-state index contributed by atoms with van der Waals surface area (Å²) in [7, 11) is 0. The first-order chi connectivity index (χ1) is 6.43. The van der Waals surface area contributed by atoms with E-state index < -0.39 is 0 Å². The first-order valence-electron chi connectivity index (χ1n) is 5.00. The van der Waals surface area contributed by atoms with E-state index in [4.69, 9.17) is 5.11 Å². The molecule has 1 N–H and O–H groups in total. The van der Waals surface area contributed by atoms with Gasteiger partial charge in [0.15, 0.2) is 0 Å². The minimum Gasteiger partial charge on any atom is -0.396 e. The third-order valence-electron chi connectivity index (χ3n) is 2.13. The molecule has 0 saturated carbocycles. The summed E-state index contributed by atoms with van der Waals surface area (Å²) in [5.41, 5.74) is 0. The maximum absolute atomic E-state index is 8.56. The van der Waals surface area contributed by atoms with E-state index in [1.54, 1.807) is 0 Å². The Bertz CT molecular complexity index is 197. The van der Waals surface area contributed by atoms with Gasteiger partial charge in [0.05, 0.1) is 6.33 Å². The normalized spacial score (nSPS) is 10.5. The summed E-state index contributed by atoms with van der Waals surface area (Å²) in [5.74, 6) is 0. The monoisotopic (exact) mass is 182 g/mol. The highest BCUT2D eigenvalue weighted by Crippen LogP contribution is 2.03. The Morgan fingerprint density at radius 2 is 1.85 bits per heavy atom. The SMILES string of the molecule is OCCCCCCCn1ccnc1. The second-order valence-electron chi connectivity index (χ2n) is 3.29. The molecule has 1 aromatic rings. The van der Waals surface area contributed by atoms with Crippen molar-refractivity contribution in [3.8, 4) is 0 Å². The topological polar surface area (TPSA) is 38.0 Å². The second kappa shape index (κ2) is 6.66. The first-order valence-corrected chi connectivity index (χ1v) is 5.00. The van der Waals surface area contributed by atoms with E-state index in [2.05, 4.69) is 9.55 Å². The summed E-state index contributed by atoms with van der Waals surface area (Å²) in [6.45, 7) is 1.40. The number of hydrogen-bond acceptors (Lipinski definition) is 2. The molecule has 0 spiro atoms. The zero-order chi connectivity index (χ0) is 9.36. The molecule has 0 aliphatic rings. The number of unbranched alkanes of at least 4 members (excludes halogenated alkanes) is 4. The molecule has 0 radical (unpaired) electrons. The van der Waals surface area contributed by atoms with Crippen molar-refractivity contribution in [1.29, 1.82) is 0 Å². The summed E-state index contributed by atoms with van der Waals surface area (Å²) in [6, 6.07) is 0. The molecule has 0 aromatic carbocycles. The summed E-state index contributed by atoms with van der Waals surface area (Å²) in [4.78, 5) is 3.98. The number of nitrogens with zero attached hydrogens (tertiary/aromatic N) is 2. The Hall–Kier alpha value is -0.830. The average molecular weight is 182 g/mol. The van der Waals surface area contributed by atoms with E-state index in [0.717, 1.165) is 19.4 Å². The number of imidazole rings is 1. The number of aliphatic hydroxyl groups excluding tert-OH is 1. The first kappa shape index (κ1) is 10.3. The molecule has 3 nitrogen and oxygen atoms in total. The summed E-state index contributed by atoms with van der Waals surface area (Å²) in [5, 5.41) is 8.56. The van der Waals surface area contributed by atoms with Gasteiger partial charge in [0.1, 0.15) is 0 Å². The van der Waals surface area contributed by atoms with Crippen molar-refractivity contribution in [3.05, 3.63) is 18.7 Å². The predicted octanol–water partition coefficient (Wildman–Crippen LogP) is 1.83. The Morgan fingerprint density at radius 1 is 1.08 bits per heavy atom. The van der Waals surface area contributed by atoms with Crippen LogP contribution in [0.4, 0.5) is 0 Å². The van der Waals surface area contributed by atoms with Crippen LogP contribution >= 0.6 is 0 Å². The maximum Gasteiger partial charge on any atom is 0.0945 e. The molecule has 0 bridgehead atoms. The summed E-state index contributed by atoms with van der Waals surface area (Å²) in [6.07, 6.45) is 11.5. The van der Waals surface area contributed by atoms with E-state index in [-0.39, 0.29) is 0 Å². The van der Waals surface area contributed by atoms with E-state index in [0.29, 0.717) is 6.61 Å². The van der Waals surface area contributed by atoms with Crippen LogP contribution in [0.25, 0.3) is 0 Å². The third kappa shape index (κ3) is 4.68. The molecule has 13 heavy (non-hydrogen) atoms. The third-order valence-corrected chi connectivity index (χ3v) is 2.13. The van der Waals surface area contributed by atoms with Crippen molar-refractivity contribution in [1.82, 2.24) is 9.55 Å². The number of hydrogen-bond donors (Lipinski definition) is 1. The van der Waals surface area contributed by atoms with Gasteiger partial charge in [-0.2, -0.15) is 0 Å². The Labute approximate surface area is 79.4 Å². The fourth-order valence-electron chi connectivity index (χ4n) is 1.36. The maximum atomic E-state index is 8.56. The fraction of sp³-hybridized carbons (Fsp3) is 0.700. The van der Waals surface area contributed by atoms with E-state index >= 15 is 0 Å². The Morgan fingerprint density at radius 3 is 2.54 bits per heavy atom. The molecule has 0 saturated heterocycles. The van der Waals surface area contributed by atoms with Crippen LogP contribution in [0.3, 0.4) is 0 Å². The zero-order valence-corrected chi connectivity index (χ0v) is 8.02. The van der Waals surface area contributed by atoms with Crippen LogP contribution in [0.1, 0.15) is 32.1 Å². The van der Waals surface area contributed by atoms with Gasteiger partial charge in [-0.1, -0.05) is 19.3 Å². The molecular weight excluding hydrogens is 164 g/mol. The quantitative estimate of drug-likeness (QED) is 0.653. The molecule has 0 atom stereocenters. The van der Waals surface area contributed by atoms with Crippen molar-refractivity contribution in [2.24, 2.45) is 0 Å². The molecule has 0 aliphatic heterocycles. The van der Waals surface area contributed by atoms with Gasteiger partial charge in [-0.15, -0.1) is 0 Å². The van der Waals surface area contributed by atoms with E-state index in [1.807, 2.05) is 18.7 Å². The molecule has 1 heterocycles. The largest absolute Gasteiger partial charge is 0.396 e. The standard InChI is InChI=1S/C10H18N2O/c13-9-5-3-1-2-4-7-12-8-6-11-10-12/h6,8,10,13H,1-5,7,9H2. The van der Waals surface area contributed by atoms with Crippen molar-refractivity contribution in [2.45, 2.75) is 38.6 Å². The highest BCUT2D eigenvalue weighted by molar-refractivity contribution is 4.73. The molecule has 0 unspecified atom stereocenters. The molecule has 0 aliphatic carbocycles. The lowest BCUT2D eigenvalue weighted by Crippen LogP contribution is -1.94. The number of aliphatic hydroxyl groups is 1. The molecule has 74 valence electrons. The lowest BCUT2D eigenvalue weighted by Gasteiger charge is -2.01. The van der Waals surface area contributed by atoms with Crippen molar-refractivity contribution < 1.29 is 5.11 Å². The minimum absolute atomic E-state index is 0.335. The van der Waals surface area contributed by atoms with Gasteiger partial charge in [-0.05, 0) is 12.8 Å². The van der Waals surface area contributed by atoms with Crippen LogP contribution in [0, 0.1) is 0 Å². The van der Waals surface area contributed by atoms with E-state index in [9.17, 15) is 0 Å². The summed E-state index contributed by atoms with van der Waals surface area (Å²) >= 11 is 0. The van der Waals surface area contributed by atoms with Gasteiger partial charge >= 0.3 is 0 Å². The van der Waals surface area contributed by atoms with Crippen molar-refractivity contribution >= 4 is 0 Å². The lowest BCUT2D eigenvalue weighted by atomic mass is 10.1. The van der Waals surface area contributed by atoms with Gasteiger partial charge in [-0.3, -0.25) is 0 Å². The van der Waals surface area contributed by atoms with Gasteiger partial charge in [0.25, 0.3) is 0 Å². The van der Waals surface area contributed by atoms with Crippen LogP contribution in [0.2, 0.25) is 0 Å². The number of rotatable bonds is 7. The molecular formula is C10H18N2O. The van der Waals surface area contributed by atoms with Crippen LogP contribution in [-0.4, -0.2) is 21.3 Å². The van der Waals surface area contributed by atoms with Gasteiger partial charge in [0, 0.05) is 25.5 Å². The van der Waals surface area contributed by atoms with Gasteiger partial charge in [-0.25, -0.2) is 4.98 Å².